The lowest BCUT2D eigenvalue weighted by atomic mass is 10.0. The summed E-state index contributed by atoms with van der Waals surface area (Å²) in [4.78, 5) is 4.36. The summed E-state index contributed by atoms with van der Waals surface area (Å²) in [6, 6.07) is 10.00. The van der Waals surface area contributed by atoms with Crippen molar-refractivity contribution in [2.24, 2.45) is 0 Å². The molecule has 3 nitrogen and oxygen atoms in total. The first kappa shape index (κ1) is 9.86. The number of rotatable bonds is 0. The molecule has 0 spiro atoms. The van der Waals surface area contributed by atoms with Gasteiger partial charge in [-0.3, -0.25) is 4.98 Å². The normalized spacial score (nSPS) is 12.0. The van der Waals surface area contributed by atoms with Gasteiger partial charge in [-0.2, -0.15) is 5.26 Å². The van der Waals surface area contributed by atoms with Gasteiger partial charge in [0.25, 0.3) is 0 Å². The van der Waals surface area contributed by atoms with E-state index in [1.54, 1.807) is 6.20 Å². The molecule has 0 saturated carbocycles. The van der Waals surface area contributed by atoms with Crippen LogP contribution in [-0.2, 0) is 6.61 Å². The third-order valence-electron chi connectivity index (χ3n) is 2.87. The van der Waals surface area contributed by atoms with Gasteiger partial charge in [-0.25, -0.2) is 0 Å². The number of benzene rings is 1. The molecule has 2 aromatic rings. The van der Waals surface area contributed by atoms with Gasteiger partial charge in [0, 0.05) is 17.3 Å². The Morgan fingerprint density at radius 3 is 3.06 bits per heavy atom. The van der Waals surface area contributed by atoms with Crippen LogP contribution in [0.15, 0.2) is 30.5 Å². The molecule has 0 aliphatic carbocycles. The highest BCUT2D eigenvalue weighted by Gasteiger charge is 2.18. The lowest BCUT2D eigenvalue weighted by Crippen LogP contribution is -2.07. The zero-order valence-corrected chi connectivity index (χ0v) is 9.40. The molecule has 0 amide bonds. The Morgan fingerprint density at radius 1 is 1.35 bits per heavy atom. The van der Waals surface area contributed by atoms with E-state index in [0.29, 0.717) is 12.2 Å². The highest BCUT2D eigenvalue weighted by atomic mass is 16.5. The third-order valence-corrected chi connectivity index (χ3v) is 2.87. The van der Waals surface area contributed by atoms with Crippen molar-refractivity contribution in [3.8, 4) is 23.1 Å². The summed E-state index contributed by atoms with van der Waals surface area (Å²) in [5.41, 5.74) is 4.63. The van der Waals surface area contributed by atoms with Crippen LogP contribution in [0.1, 0.15) is 16.7 Å². The lowest BCUT2D eigenvalue weighted by molar-refractivity contribution is 0.301. The standard InChI is InChI=1S/C14H10N2O/c1-9-2-3-12-13(4-9)17-8-11-5-10(6-15)7-16-14(11)12/h2-5,7H,8H2,1H3. The molecule has 1 aliphatic heterocycles. The zero-order valence-electron chi connectivity index (χ0n) is 9.40. The Hall–Kier alpha value is -2.34. The van der Waals surface area contributed by atoms with Gasteiger partial charge in [0.15, 0.2) is 0 Å². The van der Waals surface area contributed by atoms with Crippen molar-refractivity contribution in [2.45, 2.75) is 13.5 Å². The number of nitriles is 1. The van der Waals surface area contributed by atoms with Crippen LogP contribution in [0, 0.1) is 18.3 Å². The first-order valence-corrected chi connectivity index (χ1v) is 5.41. The predicted octanol–water partition coefficient (Wildman–Crippen LogP) is 2.82. The van der Waals surface area contributed by atoms with Crippen LogP contribution in [0.25, 0.3) is 11.3 Å². The van der Waals surface area contributed by atoms with E-state index >= 15 is 0 Å². The zero-order chi connectivity index (χ0) is 11.8. The highest BCUT2D eigenvalue weighted by molar-refractivity contribution is 5.72. The van der Waals surface area contributed by atoms with Crippen LogP contribution in [0.3, 0.4) is 0 Å². The molecule has 1 aromatic heterocycles. The quantitative estimate of drug-likeness (QED) is 0.688. The smallest absolute Gasteiger partial charge is 0.129 e. The van der Waals surface area contributed by atoms with Crippen molar-refractivity contribution >= 4 is 0 Å². The second-order valence-corrected chi connectivity index (χ2v) is 4.13. The van der Waals surface area contributed by atoms with Gasteiger partial charge in [0.1, 0.15) is 18.4 Å². The number of hydrogen-bond donors (Lipinski definition) is 0. The number of aromatic nitrogens is 1. The van der Waals surface area contributed by atoms with Gasteiger partial charge in [0.05, 0.1) is 11.3 Å². The molecule has 2 heterocycles. The number of aryl methyl sites for hydroxylation is 1. The Morgan fingerprint density at radius 2 is 2.24 bits per heavy atom. The maximum Gasteiger partial charge on any atom is 0.129 e. The fraction of sp³-hybridized carbons (Fsp3) is 0.143. The first-order valence-electron chi connectivity index (χ1n) is 5.41. The van der Waals surface area contributed by atoms with Crippen molar-refractivity contribution in [3.05, 3.63) is 47.2 Å². The summed E-state index contributed by atoms with van der Waals surface area (Å²) < 4.78 is 5.68. The van der Waals surface area contributed by atoms with Gasteiger partial charge in [-0.1, -0.05) is 6.07 Å². The van der Waals surface area contributed by atoms with Gasteiger partial charge in [-0.15, -0.1) is 0 Å². The molecule has 1 aliphatic rings. The van der Waals surface area contributed by atoms with Gasteiger partial charge >= 0.3 is 0 Å². The SMILES string of the molecule is Cc1ccc2c(c1)OCc1cc(C#N)cnc1-2. The minimum Gasteiger partial charge on any atom is -0.488 e. The summed E-state index contributed by atoms with van der Waals surface area (Å²) >= 11 is 0. The van der Waals surface area contributed by atoms with Crippen molar-refractivity contribution < 1.29 is 4.74 Å². The van der Waals surface area contributed by atoms with Gasteiger partial charge in [-0.05, 0) is 30.7 Å². The largest absolute Gasteiger partial charge is 0.488 e. The van der Waals surface area contributed by atoms with E-state index in [4.69, 9.17) is 10.00 Å². The number of nitrogens with zero attached hydrogens (tertiary/aromatic N) is 2. The van der Waals surface area contributed by atoms with Crippen LogP contribution in [-0.4, -0.2) is 4.98 Å². The lowest BCUT2D eigenvalue weighted by Gasteiger charge is -2.20. The molecule has 17 heavy (non-hydrogen) atoms. The second kappa shape index (κ2) is 3.60. The van der Waals surface area contributed by atoms with Crippen LogP contribution in [0.5, 0.6) is 5.75 Å². The Kier molecular flexibility index (Phi) is 2.09. The third kappa shape index (κ3) is 1.55. The van der Waals surface area contributed by atoms with Crippen LogP contribution < -0.4 is 4.74 Å². The number of pyridine rings is 1. The number of ether oxygens (including phenoxy) is 1. The number of hydrogen-bond acceptors (Lipinski definition) is 3. The maximum atomic E-state index is 8.84. The first-order chi connectivity index (χ1) is 8.28. The monoisotopic (exact) mass is 222 g/mol. The number of fused-ring (bicyclic) bond motifs is 3. The molecular weight excluding hydrogens is 212 g/mol. The van der Waals surface area contributed by atoms with Crippen molar-refractivity contribution in [2.75, 3.05) is 0 Å². The van der Waals surface area contributed by atoms with E-state index in [0.717, 1.165) is 22.6 Å². The molecule has 0 unspecified atom stereocenters. The van der Waals surface area contributed by atoms with E-state index in [1.807, 2.05) is 31.2 Å². The molecule has 3 rings (SSSR count). The van der Waals surface area contributed by atoms with Crippen molar-refractivity contribution in [1.29, 1.82) is 5.26 Å². The summed E-state index contributed by atoms with van der Waals surface area (Å²) in [7, 11) is 0. The Labute approximate surface area is 99.3 Å². The molecule has 3 heteroatoms. The average molecular weight is 222 g/mol. The molecule has 0 saturated heterocycles. The molecule has 82 valence electrons. The van der Waals surface area contributed by atoms with Crippen LogP contribution >= 0.6 is 0 Å². The summed E-state index contributed by atoms with van der Waals surface area (Å²) in [6.45, 7) is 2.51. The second-order valence-electron chi connectivity index (χ2n) is 4.13. The maximum absolute atomic E-state index is 8.84. The summed E-state index contributed by atoms with van der Waals surface area (Å²) in [5, 5.41) is 8.84. The molecule has 0 atom stereocenters. The molecule has 0 radical (unpaired) electrons. The molecule has 0 N–H and O–H groups in total. The fourth-order valence-corrected chi connectivity index (χ4v) is 2.02. The van der Waals surface area contributed by atoms with Crippen LogP contribution in [0.4, 0.5) is 0 Å². The molecule has 0 fully saturated rings. The molecule has 1 aromatic carbocycles. The minimum atomic E-state index is 0.480. The Bertz CT molecular complexity index is 641. The van der Waals surface area contributed by atoms with E-state index in [-0.39, 0.29) is 0 Å². The van der Waals surface area contributed by atoms with E-state index in [1.165, 1.54) is 5.56 Å². The van der Waals surface area contributed by atoms with Crippen molar-refractivity contribution in [1.82, 2.24) is 4.98 Å². The Balaban J connectivity index is 2.21. The van der Waals surface area contributed by atoms with Crippen molar-refractivity contribution in [3.63, 3.8) is 0 Å². The molecule has 0 bridgehead atoms. The van der Waals surface area contributed by atoms with E-state index in [2.05, 4.69) is 11.1 Å². The van der Waals surface area contributed by atoms with Gasteiger partial charge in [0.2, 0.25) is 0 Å². The predicted molar refractivity (Wildman–Crippen MR) is 63.5 cm³/mol. The van der Waals surface area contributed by atoms with Gasteiger partial charge < -0.3 is 4.74 Å². The van der Waals surface area contributed by atoms with Crippen LogP contribution in [0.2, 0.25) is 0 Å². The molecular formula is C14H10N2O. The topological polar surface area (TPSA) is 45.9 Å². The average Bonchev–Trinajstić information content (AvgIpc) is 2.37. The highest BCUT2D eigenvalue weighted by Crippen LogP contribution is 2.36. The summed E-state index contributed by atoms with van der Waals surface area (Å²) in [6.07, 6.45) is 1.60. The fourth-order valence-electron chi connectivity index (χ4n) is 2.02. The van der Waals surface area contributed by atoms with E-state index < -0.39 is 0 Å². The van der Waals surface area contributed by atoms with E-state index in [9.17, 15) is 0 Å². The minimum absolute atomic E-state index is 0.480. The summed E-state index contributed by atoms with van der Waals surface area (Å²) in [5.74, 6) is 0.870.